The molecule has 2 N–H and O–H groups in total. The number of hydrogen-bond donors (Lipinski definition) is 2. The molecule has 0 radical (unpaired) electrons. The van der Waals surface area contributed by atoms with Crippen LogP contribution in [0.2, 0.25) is 0 Å². The Hall–Kier alpha value is -2.47. The molecular formula is C14H12ClN5O. The molecule has 7 heteroatoms. The van der Waals surface area contributed by atoms with Crippen LogP contribution in [0.3, 0.4) is 0 Å². The average molecular weight is 302 g/mol. The van der Waals surface area contributed by atoms with Gasteiger partial charge in [-0.2, -0.15) is 0 Å². The molecule has 0 saturated heterocycles. The minimum atomic E-state index is 0.529. The first-order valence-electron chi connectivity index (χ1n) is 6.56. The second kappa shape index (κ2) is 4.82. The number of anilines is 2. The molecule has 0 amide bonds. The number of hydrogen-bond acceptors (Lipinski definition) is 5. The van der Waals surface area contributed by atoms with Crippen LogP contribution < -0.4 is 14.9 Å². The summed E-state index contributed by atoms with van der Waals surface area (Å²) in [6.07, 6.45) is 5.49. The topological polar surface area (TPSA) is 63.5 Å². The van der Waals surface area contributed by atoms with Crippen molar-refractivity contribution >= 4 is 28.9 Å². The van der Waals surface area contributed by atoms with Crippen molar-refractivity contribution in [1.29, 1.82) is 0 Å². The zero-order valence-corrected chi connectivity index (χ0v) is 11.8. The van der Waals surface area contributed by atoms with Crippen molar-refractivity contribution in [2.24, 2.45) is 0 Å². The Labute approximate surface area is 125 Å². The second-order valence-corrected chi connectivity index (χ2v) is 4.90. The number of nitrogens with zero attached hydrogens (tertiary/aromatic N) is 3. The standard InChI is InChI=1S/C14H12ClN5O/c15-19-13-14-17-3-5-20(14)8-11(18-13)9-1-2-12-10(7-9)16-4-6-21-12/h1-3,5,7-8,16H,4,6H2,(H,18,19). The van der Waals surface area contributed by atoms with E-state index >= 15 is 0 Å². The molecule has 106 valence electrons. The maximum absolute atomic E-state index is 5.74. The van der Waals surface area contributed by atoms with Gasteiger partial charge in [0.25, 0.3) is 0 Å². The molecule has 2 aromatic heterocycles. The molecular weight excluding hydrogens is 290 g/mol. The van der Waals surface area contributed by atoms with Gasteiger partial charge in [0, 0.05) is 42.5 Å². The number of rotatable bonds is 2. The molecule has 1 aliphatic heterocycles. The van der Waals surface area contributed by atoms with E-state index in [9.17, 15) is 0 Å². The Bertz CT molecular complexity index is 816. The van der Waals surface area contributed by atoms with Crippen LogP contribution in [0.25, 0.3) is 16.9 Å². The molecule has 0 unspecified atom stereocenters. The number of imidazole rings is 1. The molecule has 0 saturated carbocycles. The highest BCUT2D eigenvalue weighted by atomic mass is 35.5. The Morgan fingerprint density at radius 1 is 1.38 bits per heavy atom. The molecule has 0 atom stereocenters. The molecule has 0 spiro atoms. The third-order valence-electron chi connectivity index (χ3n) is 3.41. The van der Waals surface area contributed by atoms with Crippen LogP contribution in [0.15, 0.2) is 36.8 Å². The molecule has 4 rings (SSSR count). The summed E-state index contributed by atoms with van der Waals surface area (Å²) in [6.45, 7) is 1.49. The van der Waals surface area contributed by atoms with E-state index in [0.29, 0.717) is 18.1 Å². The summed E-state index contributed by atoms with van der Waals surface area (Å²) in [5, 5.41) is 3.32. The van der Waals surface area contributed by atoms with Crippen molar-refractivity contribution in [1.82, 2.24) is 14.4 Å². The summed E-state index contributed by atoms with van der Waals surface area (Å²) in [5.74, 6) is 1.39. The van der Waals surface area contributed by atoms with Crippen LogP contribution in [-0.2, 0) is 0 Å². The SMILES string of the molecule is ClNc1nc(-c2ccc3c(c2)NCCO3)cn2ccnc12. The fraction of sp³-hybridized carbons (Fsp3) is 0.143. The molecule has 3 heterocycles. The Morgan fingerprint density at radius 3 is 3.24 bits per heavy atom. The smallest absolute Gasteiger partial charge is 0.185 e. The molecule has 0 aliphatic carbocycles. The Kier molecular flexibility index (Phi) is 2.82. The largest absolute Gasteiger partial charge is 0.490 e. The van der Waals surface area contributed by atoms with E-state index in [4.69, 9.17) is 16.5 Å². The van der Waals surface area contributed by atoms with Gasteiger partial charge in [-0.15, -0.1) is 0 Å². The van der Waals surface area contributed by atoms with E-state index in [0.717, 1.165) is 29.2 Å². The highest BCUT2D eigenvalue weighted by Gasteiger charge is 2.13. The number of ether oxygens (including phenoxy) is 1. The first-order valence-corrected chi connectivity index (χ1v) is 6.94. The molecule has 3 aromatic rings. The summed E-state index contributed by atoms with van der Waals surface area (Å²) in [7, 11) is 0. The number of benzene rings is 1. The average Bonchev–Trinajstić information content (AvgIpc) is 3.02. The third-order valence-corrected chi connectivity index (χ3v) is 3.59. The van der Waals surface area contributed by atoms with E-state index in [-0.39, 0.29) is 0 Å². The van der Waals surface area contributed by atoms with Crippen LogP contribution in [-0.4, -0.2) is 27.5 Å². The maximum atomic E-state index is 5.74. The highest BCUT2D eigenvalue weighted by Crippen LogP contribution is 2.32. The summed E-state index contributed by atoms with van der Waals surface area (Å²) >= 11 is 5.74. The lowest BCUT2D eigenvalue weighted by molar-refractivity contribution is 0.323. The zero-order valence-electron chi connectivity index (χ0n) is 11.0. The van der Waals surface area contributed by atoms with Gasteiger partial charge in [0.1, 0.15) is 12.4 Å². The van der Waals surface area contributed by atoms with Crippen LogP contribution in [0.5, 0.6) is 5.75 Å². The van der Waals surface area contributed by atoms with Gasteiger partial charge in [-0.25, -0.2) is 9.97 Å². The summed E-state index contributed by atoms with van der Waals surface area (Å²) < 4.78 is 7.47. The quantitative estimate of drug-likeness (QED) is 0.713. The van der Waals surface area contributed by atoms with Crippen molar-refractivity contribution < 1.29 is 4.74 Å². The number of halogens is 1. The van der Waals surface area contributed by atoms with Gasteiger partial charge in [-0.05, 0) is 18.2 Å². The van der Waals surface area contributed by atoms with Crippen molar-refractivity contribution in [3.05, 3.63) is 36.8 Å². The molecule has 21 heavy (non-hydrogen) atoms. The van der Waals surface area contributed by atoms with Gasteiger partial charge in [-0.1, -0.05) is 0 Å². The summed E-state index contributed by atoms with van der Waals surface area (Å²) in [5.41, 5.74) is 3.45. The Balaban J connectivity index is 1.85. The normalized spacial score (nSPS) is 13.4. The van der Waals surface area contributed by atoms with Crippen molar-refractivity contribution in [3.63, 3.8) is 0 Å². The predicted molar refractivity (Wildman–Crippen MR) is 81.9 cm³/mol. The third kappa shape index (κ3) is 2.04. The Morgan fingerprint density at radius 2 is 2.33 bits per heavy atom. The van der Waals surface area contributed by atoms with E-state index in [1.54, 1.807) is 6.20 Å². The van der Waals surface area contributed by atoms with Gasteiger partial charge < -0.3 is 14.5 Å². The van der Waals surface area contributed by atoms with E-state index in [2.05, 4.69) is 20.1 Å². The monoisotopic (exact) mass is 301 g/mol. The van der Waals surface area contributed by atoms with Gasteiger partial charge in [-0.3, -0.25) is 4.84 Å². The van der Waals surface area contributed by atoms with Crippen LogP contribution in [0, 0.1) is 0 Å². The number of nitrogens with one attached hydrogen (secondary N) is 2. The van der Waals surface area contributed by atoms with Crippen LogP contribution >= 0.6 is 11.8 Å². The molecule has 6 nitrogen and oxygen atoms in total. The minimum Gasteiger partial charge on any atom is -0.490 e. The van der Waals surface area contributed by atoms with Gasteiger partial charge >= 0.3 is 0 Å². The lowest BCUT2D eigenvalue weighted by Gasteiger charge is -2.19. The predicted octanol–water partition coefficient (Wildman–Crippen LogP) is 2.77. The maximum Gasteiger partial charge on any atom is 0.185 e. The fourth-order valence-corrected chi connectivity index (χ4v) is 2.56. The van der Waals surface area contributed by atoms with Crippen molar-refractivity contribution in [2.45, 2.75) is 0 Å². The molecule has 0 fully saturated rings. The molecule has 0 bridgehead atoms. The highest BCUT2D eigenvalue weighted by molar-refractivity contribution is 6.24. The van der Waals surface area contributed by atoms with Crippen LogP contribution in [0.4, 0.5) is 11.5 Å². The van der Waals surface area contributed by atoms with E-state index in [1.165, 1.54) is 0 Å². The first-order chi connectivity index (χ1) is 10.3. The van der Waals surface area contributed by atoms with Crippen molar-refractivity contribution in [2.75, 3.05) is 23.3 Å². The van der Waals surface area contributed by atoms with Gasteiger partial charge in [0.05, 0.1) is 11.4 Å². The van der Waals surface area contributed by atoms with Crippen molar-refractivity contribution in [3.8, 4) is 17.0 Å². The van der Waals surface area contributed by atoms with Gasteiger partial charge in [0.2, 0.25) is 0 Å². The summed E-state index contributed by atoms with van der Waals surface area (Å²) in [6, 6.07) is 5.96. The lowest BCUT2D eigenvalue weighted by Crippen LogP contribution is -2.17. The number of fused-ring (bicyclic) bond motifs is 2. The van der Waals surface area contributed by atoms with Gasteiger partial charge in [0.15, 0.2) is 11.5 Å². The summed E-state index contributed by atoms with van der Waals surface area (Å²) in [4.78, 5) is 11.3. The number of aromatic nitrogens is 3. The fourth-order valence-electron chi connectivity index (χ4n) is 2.43. The molecule has 1 aromatic carbocycles. The van der Waals surface area contributed by atoms with E-state index in [1.807, 2.05) is 35.0 Å². The minimum absolute atomic E-state index is 0.529. The second-order valence-electron chi connectivity index (χ2n) is 4.71. The zero-order chi connectivity index (χ0) is 14.2. The van der Waals surface area contributed by atoms with Crippen LogP contribution in [0.1, 0.15) is 0 Å². The first kappa shape index (κ1) is 12.3. The van der Waals surface area contributed by atoms with E-state index < -0.39 is 0 Å². The lowest BCUT2D eigenvalue weighted by atomic mass is 10.1. The molecule has 1 aliphatic rings.